The van der Waals surface area contributed by atoms with Crippen LogP contribution in [-0.2, 0) is 0 Å². The number of nitrogens with zero attached hydrogens (tertiary/aromatic N) is 1. The third-order valence-corrected chi connectivity index (χ3v) is 7.61. The minimum Gasteiger partial charge on any atom is -0.312 e. The summed E-state index contributed by atoms with van der Waals surface area (Å²) in [6, 6.07) is 1.53. The van der Waals surface area contributed by atoms with Crippen molar-refractivity contribution in [1.82, 2.24) is 10.2 Å². The van der Waals surface area contributed by atoms with Gasteiger partial charge in [-0.2, -0.15) is 11.8 Å². The van der Waals surface area contributed by atoms with E-state index in [1.165, 1.54) is 58.2 Å². The van der Waals surface area contributed by atoms with Gasteiger partial charge >= 0.3 is 0 Å². The molecule has 3 aliphatic rings. The number of rotatable bonds is 5. The van der Waals surface area contributed by atoms with Gasteiger partial charge in [-0.25, -0.2) is 0 Å². The fourth-order valence-electron chi connectivity index (χ4n) is 4.56. The van der Waals surface area contributed by atoms with E-state index in [0.717, 1.165) is 23.9 Å². The zero-order valence-corrected chi connectivity index (χ0v) is 14.3. The molecule has 2 atom stereocenters. The lowest BCUT2D eigenvalue weighted by molar-refractivity contribution is 0.0277. The zero-order valence-electron chi connectivity index (χ0n) is 13.5. The van der Waals surface area contributed by atoms with Crippen LogP contribution in [0.15, 0.2) is 0 Å². The quantitative estimate of drug-likeness (QED) is 0.837. The number of piperidine rings is 1. The van der Waals surface area contributed by atoms with Crippen molar-refractivity contribution >= 4 is 11.8 Å². The molecule has 2 bridgehead atoms. The molecule has 2 nitrogen and oxygen atoms in total. The van der Waals surface area contributed by atoms with Gasteiger partial charge in [0.15, 0.2) is 0 Å². The van der Waals surface area contributed by atoms with E-state index in [4.69, 9.17) is 0 Å². The maximum atomic E-state index is 4.03. The minimum atomic E-state index is 0.587. The van der Waals surface area contributed by atoms with E-state index in [1.807, 2.05) is 0 Å². The Balaban J connectivity index is 1.59. The van der Waals surface area contributed by atoms with Crippen molar-refractivity contribution in [2.24, 2.45) is 11.8 Å². The first-order valence-electron chi connectivity index (χ1n) is 8.66. The number of hydrogen-bond acceptors (Lipinski definition) is 3. The number of thioether (sulfide) groups is 1. The van der Waals surface area contributed by atoms with Gasteiger partial charge in [0, 0.05) is 36.5 Å². The van der Waals surface area contributed by atoms with Crippen LogP contribution in [-0.4, -0.2) is 47.6 Å². The van der Waals surface area contributed by atoms with Crippen LogP contribution in [0.5, 0.6) is 0 Å². The molecule has 0 radical (unpaired) electrons. The molecule has 116 valence electrons. The van der Waals surface area contributed by atoms with E-state index in [0.29, 0.717) is 4.75 Å². The highest BCUT2D eigenvalue weighted by atomic mass is 32.2. The Bertz CT molecular complexity index is 307. The van der Waals surface area contributed by atoms with E-state index < -0.39 is 0 Å². The fourth-order valence-corrected chi connectivity index (χ4v) is 5.48. The summed E-state index contributed by atoms with van der Waals surface area (Å²) in [5, 5.41) is 4.03. The molecule has 1 N–H and O–H groups in total. The largest absolute Gasteiger partial charge is 0.312 e. The zero-order chi connectivity index (χ0) is 14.2. The number of fused-ring (bicyclic) bond motifs is 2. The molecule has 1 heterocycles. The Morgan fingerprint density at radius 1 is 1.15 bits per heavy atom. The van der Waals surface area contributed by atoms with Crippen LogP contribution in [0, 0.1) is 11.8 Å². The Labute approximate surface area is 129 Å². The lowest BCUT2D eigenvalue weighted by Gasteiger charge is -2.51. The second-order valence-electron chi connectivity index (χ2n) is 7.65. The summed E-state index contributed by atoms with van der Waals surface area (Å²) in [6.45, 7) is 8.64. The predicted octanol–water partition coefficient (Wildman–Crippen LogP) is 3.37. The monoisotopic (exact) mass is 296 g/mol. The van der Waals surface area contributed by atoms with Gasteiger partial charge in [0.2, 0.25) is 0 Å². The molecule has 0 aromatic rings. The van der Waals surface area contributed by atoms with Crippen LogP contribution >= 0.6 is 11.8 Å². The van der Waals surface area contributed by atoms with Crippen molar-refractivity contribution in [1.29, 1.82) is 0 Å². The Kier molecular flexibility index (Phi) is 4.69. The van der Waals surface area contributed by atoms with Gasteiger partial charge in [0.05, 0.1) is 0 Å². The lowest BCUT2D eigenvalue weighted by atomic mass is 9.72. The van der Waals surface area contributed by atoms with Gasteiger partial charge in [-0.3, -0.25) is 0 Å². The molecule has 0 spiro atoms. The Morgan fingerprint density at radius 2 is 1.80 bits per heavy atom. The van der Waals surface area contributed by atoms with Gasteiger partial charge in [-0.05, 0) is 57.6 Å². The predicted molar refractivity (Wildman–Crippen MR) is 89.4 cm³/mol. The van der Waals surface area contributed by atoms with Crippen molar-refractivity contribution in [3.8, 4) is 0 Å². The SMILES string of the molecule is CSC1(CNC2C3CCCC2CN(C(C)C)C3)CCC1. The minimum absolute atomic E-state index is 0.587. The number of likely N-dealkylation sites (tertiary alicyclic amines) is 1. The average Bonchev–Trinajstić information content (AvgIpc) is 2.37. The van der Waals surface area contributed by atoms with E-state index in [1.54, 1.807) is 0 Å². The normalized spacial score (nSPS) is 36.9. The molecule has 2 saturated carbocycles. The Morgan fingerprint density at radius 3 is 2.25 bits per heavy atom. The molecule has 20 heavy (non-hydrogen) atoms. The van der Waals surface area contributed by atoms with Gasteiger partial charge < -0.3 is 10.2 Å². The van der Waals surface area contributed by atoms with Crippen molar-refractivity contribution in [3.63, 3.8) is 0 Å². The highest BCUT2D eigenvalue weighted by molar-refractivity contribution is 8.00. The maximum Gasteiger partial charge on any atom is 0.0281 e. The van der Waals surface area contributed by atoms with Crippen LogP contribution < -0.4 is 5.32 Å². The van der Waals surface area contributed by atoms with Crippen LogP contribution in [0.1, 0.15) is 52.4 Å². The van der Waals surface area contributed by atoms with E-state index in [-0.39, 0.29) is 0 Å². The van der Waals surface area contributed by atoms with Gasteiger partial charge in [-0.15, -0.1) is 0 Å². The molecule has 2 unspecified atom stereocenters. The van der Waals surface area contributed by atoms with Crippen LogP contribution in [0.2, 0.25) is 0 Å². The van der Waals surface area contributed by atoms with Crippen molar-refractivity contribution in [2.75, 3.05) is 25.9 Å². The highest BCUT2D eigenvalue weighted by Crippen LogP contribution is 2.43. The summed E-state index contributed by atoms with van der Waals surface area (Å²) in [7, 11) is 0. The number of hydrogen-bond donors (Lipinski definition) is 1. The van der Waals surface area contributed by atoms with E-state index >= 15 is 0 Å². The lowest BCUT2D eigenvalue weighted by Crippen LogP contribution is -2.60. The molecule has 0 aromatic heterocycles. The topological polar surface area (TPSA) is 15.3 Å². The van der Waals surface area contributed by atoms with Crippen LogP contribution in [0.3, 0.4) is 0 Å². The second kappa shape index (κ2) is 6.18. The molecule has 3 rings (SSSR count). The summed E-state index contributed by atoms with van der Waals surface area (Å²) in [5.74, 6) is 1.81. The summed E-state index contributed by atoms with van der Waals surface area (Å²) < 4.78 is 0.587. The number of nitrogens with one attached hydrogen (secondary N) is 1. The smallest absolute Gasteiger partial charge is 0.0281 e. The average molecular weight is 297 g/mol. The van der Waals surface area contributed by atoms with Crippen LogP contribution in [0.25, 0.3) is 0 Å². The molecule has 1 saturated heterocycles. The molecular weight excluding hydrogens is 264 g/mol. The molecule has 3 heteroatoms. The van der Waals surface area contributed by atoms with Gasteiger partial charge in [0.1, 0.15) is 0 Å². The first-order valence-corrected chi connectivity index (χ1v) is 9.89. The van der Waals surface area contributed by atoms with Crippen molar-refractivity contribution in [2.45, 2.75) is 69.2 Å². The molecule has 0 amide bonds. The molecule has 3 fully saturated rings. The summed E-state index contributed by atoms with van der Waals surface area (Å²) in [5.41, 5.74) is 0. The Hall–Kier alpha value is 0.270. The molecule has 0 aromatic carbocycles. The second-order valence-corrected chi connectivity index (χ2v) is 8.92. The molecule has 2 aliphatic carbocycles. The maximum absolute atomic E-state index is 4.03. The van der Waals surface area contributed by atoms with E-state index in [2.05, 4.69) is 42.1 Å². The molecule has 1 aliphatic heterocycles. The third kappa shape index (κ3) is 2.91. The van der Waals surface area contributed by atoms with E-state index in [9.17, 15) is 0 Å². The first kappa shape index (κ1) is 15.2. The van der Waals surface area contributed by atoms with Crippen molar-refractivity contribution < 1.29 is 0 Å². The standard InChI is InChI=1S/C17H32N2S/c1-13(2)19-10-14-6-4-7-15(11-19)16(14)18-12-17(20-3)8-5-9-17/h13-16,18H,4-12H2,1-3H3. The van der Waals surface area contributed by atoms with Gasteiger partial charge in [0.25, 0.3) is 0 Å². The summed E-state index contributed by atoms with van der Waals surface area (Å²) >= 11 is 2.11. The van der Waals surface area contributed by atoms with Crippen molar-refractivity contribution in [3.05, 3.63) is 0 Å². The summed E-state index contributed by atoms with van der Waals surface area (Å²) in [6.07, 6.45) is 11.0. The highest BCUT2D eigenvalue weighted by Gasteiger charge is 2.42. The van der Waals surface area contributed by atoms with Crippen LogP contribution in [0.4, 0.5) is 0 Å². The van der Waals surface area contributed by atoms with Gasteiger partial charge in [-0.1, -0.05) is 12.8 Å². The molecular formula is C17H32N2S. The third-order valence-electron chi connectivity index (χ3n) is 6.19. The fraction of sp³-hybridized carbons (Fsp3) is 1.00. The summed E-state index contributed by atoms with van der Waals surface area (Å²) in [4.78, 5) is 2.72. The first-order chi connectivity index (χ1) is 9.63.